The van der Waals surface area contributed by atoms with Gasteiger partial charge in [-0.3, -0.25) is 4.79 Å². The fourth-order valence-electron chi connectivity index (χ4n) is 2.11. The van der Waals surface area contributed by atoms with Crippen molar-refractivity contribution in [1.29, 1.82) is 0 Å². The number of carbonyl (C=O) groups excluding carboxylic acids is 1. The second-order valence-corrected chi connectivity index (χ2v) is 7.49. The van der Waals surface area contributed by atoms with Crippen LogP contribution in [0.15, 0.2) is 34.1 Å². The average molecular weight is 381 g/mol. The second kappa shape index (κ2) is 8.44. The number of thiazole rings is 1. The molecule has 0 saturated heterocycles. The standard InChI is InChI=1S/C17H21BrN2OS/c1-12(2)5-4-8-19-16(21)10-15-11-22-17(20-15)13-6-3-7-14(18)9-13/h3,6-7,9,11-12H,4-5,8,10H2,1-2H3,(H,19,21). The van der Waals surface area contributed by atoms with Crippen LogP contribution in [0.2, 0.25) is 0 Å². The Kier molecular flexibility index (Phi) is 6.58. The number of rotatable bonds is 7. The van der Waals surface area contributed by atoms with Crippen LogP contribution in [0.25, 0.3) is 10.6 Å². The van der Waals surface area contributed by atoms with Gasteiger partial charge in [0.05, 0.1) is 12.1 Å². The zero-order chi connectivity index (χ0) is 15.9. The number of amides is 1. The van der Waals surface area contributed by atoms with Crippen molar-refractivity contribution in [3.05, 3.63) is 39.8 Å². The minimum atomic E-state index is 0.0508. The minimum Gasteiger partial charge on any atom is -0.356 e. The average Bonchev–Trinajstić information content (AvgIpc) is 2.92. The summed E-state index contributed by atoms with van der Waals surface area (Å²) < 4.78 is 1.03. The Morgan fingerprint density at radius 1 is 1.41 bits per heavy atom. The van der Waals surface area contributed by atoms with Crippen molar-refractivity contribution >= 4 is 33.2 Å². The summed E-state index contributed by atoms with van der Waals surface area (Å²) in [6, 6.07) is 8.04. The van der Waals surface area contributed by atoms with Gasteiger partial charge in [0.15, 0.2) is 0 Å². The molecule has 0 atom stereocenters. The van der Waals surface area contributed by atoms with E-state index in [1.54, 1.807) is 11.3 Å². The van der Waals surface area contributed by atoms with Gasteiger partial charge in [0.25, 0.3) is 0 Å². The largest absolute Gasteiger partial charge is 0.356 e. The Labute approximate surface area is 144 Å². The van der Waals surface area contributed by atoms with E-state index in [1.165, 1.54) is 0 Å². The van der Waals surface area contributed by atoms with Crippen molar-refractivity contribution in [3.63, 3.8) is 0 Å². The molecule has 1 N–H and O–H groups in total. The predicted octanol–water partition coefficient (Wildman–Crippen LogP) is 4.67. The SMILES string of the molecule is CC(C)CCCNC(=O)Cc1csc(-c2cccc(Br)c2)n1. The first-order chi connectivity index (χ1) is 10.5. The monoisotopic (exact) mass is 380 g/mol. The molecule has 2 rings (SSSR count). The highest BCUT2D eigenvalue weighted by Gasteiger charge is 2.09. The van der Waals surface area contributed by atoms with Crippen molar-refractivity contribution in [2.24, 2.45) is 5.92 Å². The van der Waals surface area contributed by atoms with Gasteiger partial charge in [0.2, 0.25) is 5.91 Å². The quantitative estimate of drug-likeness (QED) is 0.709. The van der Waals surface area contributed by atoms with Gasteiger partial charge in [-0.1, -0.05) is 41.9 Å². The van der Waals surface area contributed by atoms with Gasteiger partial charge in [-0.05, 0) is 30.9 Å². The first-order valence-corrected chi connectivity index (χ1v) is 9.19. The molecule has 0 aliphatic rings. The maximum atomic E-state index is 11.9. The molecule has 1 aromatic heterocycles. The van der Waals surface area contributed by atoms with Gasteiger partial charge < -0.3 is 5.32 Å². The molecule has 0 aliphatic heterocycles. The molecule has 5 heteroatoms. The number of hydrogen-bond acceptors (Lipinski definition) is 3. The topological polar surface area (TPSA) is 42.0 Å². The lowest BCUT2D eigenvalue weighted by Crippen LogP contribution is -2.26. The van der Waals surface area contributed by atoms with Crippen LogP contribution in [0.5, 0.6) is 0 Å². The maximum Gasteiger partial charge on any atom is 0.226 e. The van der Waals surface area contributed by atoms with Gasteiger partial charge in [-0.25, -0.2) is 4.98 Å². The van der Waals surface area contributed by atoms with E-state index in [0.717, 1.165) is 40.1 Å². The highest BCUT2D eigenvalue weighted by atomic mass is 79.9. The number of carbonyl (C=O) groups is 1. The zero-order valence-electron chi connectivity index (χ0n) is 12.9. The molecular formula is C17H21BrN2OS. The fraction of sp³-hybridized carbons (Fsp3) is 0.412. The molecule has 0 fully saturated rings. The molecule has 22 heavy (non-hydrogen) atoms. The Balaban J connectivity index is 1.85. The molecule has 1 aromatic carbocycles. The number of nitrogens with zero attached hydrogens (tertiary/aromatic N) is 1. The predicted molar refractivity (Wildman–Crippen MR) is 96.0 cm³/mol. The number of aromatic nitrogens is 1. The first kappa shape index (κ1) is 17.2. The molecule has 0 aliphatic carbocycles. The third kappa shape index (κ3) is 5.54. The normalized spacial score (nSPS) is 10.9. The van der Waals surface area contributed by atoms with Gasteiger partial charge in [0.1, 0.15) is 5.01 Å². The van der Waals surface area contributed by atoms with E-state index in [0.29, 0.717) is 12.3 Å². The molecule has 118 valence electrons. The summed E-state index contributed by atoms with van der Waals surface area (Å²) in [5.41, 5.74) is 1.91. The molecule has 1 heterocycles. The van der Waals surface area contributed by atoms with Crippen molar-refractivity contribution in [2.75, 3.05) is 6.54 Å². The second-order valence-electron chi connectivity index (χ2n) is 5.72. The van der Waals surface area contributed by atoms with Crippen LogP contribution in [-0.2, 0) is 11.2 Å². The molecule has 0 saturated carbocycles. The summed E-state index contributed by atoms with van der Waals surface area (Å²) in [6.45, 7) is 5.14. The fourth-order valence-corrected chi connectivity index (χ4v) is 3.32. The first-order valence-electron chi connectivity index (χ1n) is 7.51. The number of benzene rings is 1. The van der Waals surface area contributed by atoms with E-state index in [9.17, 15) is 4.79 Å². The third-order valence-electron chi connectivity index (χ3n) is 3.25. The summed E-state index contributed by atoms with van der Waals surface area (Å²) >= 11 is 5.04. The van der Waals surface area contributed by atoms with E-state index in [-0.39, 0.29) is 5.91 Å². The number of halogens is 1. The highest BCUT2D eigenvalue weighted by Crippen LogP contribution is 2.26. The molecule has 3 nitrogen and oxygen atoms in total. The molecule has 0 unspecified atom stereocenters. The molecule has 1 amide bonds. The molecule has 0 radical (unpaired) electrons. The van der Waals surface area contributed by atoms with Crippen LogP contribution in [0.4, 0.5) is 0 Å². The van der Waals surface area contributed by atoms with Crippen LogP contribution < -0.4 is 5.32 Å². The minimum absolute atomic E-state index is 0.0508. The summed E-state index contributed by atoms with van der Waals surface area (Å²) in [6.07, 6.45) is 2.53. The van der Waals surface area contributed by atoms with Crippen LogP contribution in [-0.4, -0.2) is 17.4 Å². The van der Waals surface area contributed by atoms with Gasteiger partial charge in [0, 0.05) is 22.0 Å². The summed E-state index contributed by atoms with van der Waals surface area (Å²) in [4.78, 5) is 16.5. The Morgan fingerprint density at radius 2 is 2.23 bits per heavy atom. The maximum absolute atomic E-state index is 11.9. The van der Waals surface area contributed by atoms with E-state index >= 15 is 0 Å². The van der Waals surface area contributed by atoms with E-state index in [1.807, 2.05) is 29.6 Å². The highest BCUT2D eigenvalue weighted by molar-refractivity contribution is 9.10. The van der Waals surface area contributed by atoms with Crippen molar-refractivity contribution in [3.8, 4) is 10.6 Å². The van der Waals surface area contributed by atoms with Crippen LogP contribution >= 0.6 is 27.3 Å². The van der Waals surface area contributed by atoms with Gasteiger partial charge in [-0.2, -0.15) is 0 Å². The Morgan fingerprint density at radius 3 is 2.95 bits per heavy atom. The van der Waals surface area contributed by atoms with Crippen LogP contribution in [0.3, 0.4) is 0 Å². The van der Waals surface area contributed by atoms with Crippen molar-refractivity contribution in [2.45, 2.75) is 33.1 Å². The summed E-state index contributed by atoms with van der Waals surface area (Å²) in [5.74, 6) is 0.734. The van der Waals surface area contributed by atoms with Gasteiger partial charge >= 0.3 is 0 Å². The molecule has 0 bridgehead atoms. The lowest BCUT2D eigenvalue weighted by atomic mass is 10.1. The van der Waals surface area contributed by atoms with Crippen LogP contribution in [0, 0.1) is 5.92 Å². The summed E-state index contributed by atoms with van der Waals surface area (Å²) in [5, 5.41) is 5.87. The smallest absolute Gasteiger partial charge is 0.226 e. The summed E-state index contributed by atoms with van der Waals surface area (Å²) in [7, 11) is 0. The molecule has 2 aromatic rings. The van der Waals surface area contributed by atoms with Crippen molar-refractivity contribution in [1.82, 2.24) is 10.3 Å². The van der Waals surface area contributed by atoms with E-state index in [4.69, 9.17) is 0 Å². The molecule has 0 spiro atoms. The Hall–Kier alpha value is -1.20. The number of nitrogens with one attached hydrogen (secondary N) is 1. The van der Waals surface area contributed by atoms with E-state index < -0.39 is 0 Å². The third-order valence-corrected chi connectivity index (χ3v) is 4.68. The van der Waals surface area contributed by atoms with Gasteiger partial charge in [-0.15, -0.1) is 11.3 Å². The lowest BCUT2D eigenvalue weighted by molar-refractivity contribution is -0.120. The zero-order valence-corrected chi connectivity index (χ0v) is 15.3. The van der Waals surface area contributed by atoms with Crippen LogP contribution in [0.1, 0.15) is 32.4 Å². The molecular weight excluding hydrogens is 360 g/mol. The Bertz CT molecular complexity index is 625. The number of hydrogen-bond donors (Lipinski definition) is 1. The van der Waals surface area contributed by atoms with Crippen molar-refractivity contribution < 1.29 is 4.79 Å². The lowest BCUT2D eigenvalue weighted by Gasteiger charge is -2.05. The van der Waals surface area contributed by atoms with E-state index in [2.05, 4.69) is 40.1 Å².